The number of hydrogen-bond acceptors (Lipinski definition) is 6. The highest BCUT2D eigenvalue weighted by atomic mass is 16.5. The molecule has 0 aliphatic carbocycles. The van der Waals surface area contributed by atoms with E-state index >= 15 is 0 Å². The van der Waals surface area contributed by atoms with Crippen LogP contribution in [0.25, 0.3) is 0 Å². The predicted molar refractivity (Wildman–Crippen MR) is 112 cm³/mol. The lowest BCUT2D eigenvalue weighted by molar-refractivity contribution is -0.136. The molecule has 0 heterocycles. The number of phenolic OH excluding ortho intramolecular Hbond substituents is 1. The number of nitrogens with one attached hydrogen (secondary N) is 2. The molecule has 0 radical (unpaired) electrons. The number of para-hydroxylation sites is 1. The van der Waals surface area contributed by atoms with Crippen molar-refractivity contribution in [3.05, 3.63) is 78.4 Å². The number of methoxy groups -OCH3 is 1. The Morgan fingerprint density at radius 1 is 0.933 bits per heavy atom. The highest BCUT2D eigenvalue weighted by Gasteiger charge is 2.13. The van der Waals surface area contributed by atoms with E-state index < -0.39 is 11.8 Å². The number of ether oxygens (including phenoxy) is 2. The second-order valence-electron chi connectivity index (χ2n) is 6.02. The van der Waals surface area contributed by atoms with Crippen molar-refractivity contribution in [3.63, 3.8) is 0 Å². The Morgan fingerprint density at radius 3 is 2.33 bits per heavy atom. The fraction of sp³-hybridized carbons (Fsp3) is 0.0455. The number of carbonyl (C=O) groups excluding carboxylic acids is 2. The van der Waals surface area contributed by atoms with Crippen LogP contribution in [0.15, 0.2) is 77.9 Å². The van der Waals surface area contributed by atoms with E-state index in [9.17, 15) is 14.7 Å². The van der Waals surface area contributed by atoms with E-state index in [0.29, 0.717) is 22.7 Å². The number of nitrogens with zero attached hydrogens (tertiary/aromatic N) is 1. The second kappa shape index (κ2) is 9.74. The van der Waals surface area contributed by atoms with Gasteiger partial charge < -0.3 is 19.9 Å². The average Bonchev–Trinajstić information content (AvgIpc) is 2.77. The summed E-state index contributed by atoms with van der Waals surface area (Å²) in [6.45, 7) is 0. The molecular weight excluding hydrogens is 386 g/mol. The van der Waals surface area contributed by atoms with Crippen LogP contribution < -0.4 is 20.2 Å². The molecule has 2 amide bonds. The van der Waals surface area contributed by atoms with Crippen LogP contribution in [0, 0.1) is 0 Å². The van der Waals surface area contributed by atoms with Crippen molar-refractivity contribution in [2.45, 2.75) is 0 Å². The number of hydrogen-bond donors (Lipinski definition) is 3. The number of rotatable bonds is 6. The van der Waals surface area contributed by atoms with Gasteiger partial charge in [-0.25, -0.2) is 5.43 Å². The van der Waals surface area contributed by atoms with Gasteiger partial charge in [0.25, 0.3) is 0 Å². The van der Waals surface area contributed by atoms with Crippen LogP contribution in [-0.4, -0.2) is 30.2 Å². The molecule has 8 heteroatoms. The Morgan fingerprint density at radius 2 is 1.63 bits per heavy atom. The average molecular weight is 405 g/mol. The maximum Gasteiger partial charge on any atom is 0.329 e. The van der Waals surface area contributed by atoms with E-state index in [4.69, 9.17) is 9.47 Å². The largest absolute Gasteiger partial charge is 0.504 e. The van der Waals surface area contributed by atoms with Crippen LogP contribution in [-0.2, 0) is 9.59 Å². The number of anilines is 1. The minimum Gasteiger partial charge on any atom is -0.504 e. The van der Waals surface area contributed by atoms with E-state index in [-0.39, 0.29) is 11.5 Å². The van der Waals surface area contributed by atoms with Gasteiger partial charge in [0.1, 0.15) is 11.5 Å². The summed E-state index contributed by atoms with van der Waals surface area (Å²) < 4.78 is 10.7. The molecule has 8 nitrogen and oxygen atoms in total. The zero-order chi connectivity index (χ0) is 21.3. The monoisotopic (exact) mass is 405 g/mol. The lowest BCUT2D eigenvalue weighted by Crippen LogP contribution is -2.32. The normalized spacial score (nSPS) is 10.4. The molecule has 0 spiro atoms. The van der Waals surface area contributed by atoms with Crippen molar-refractivity contribution in [1.82, 2.24) is 5.43 Å². The highest BCUT2D eigenvalue weighted by molar-refractivity contribution is 6.39. The van der Waals surface area contributed by atoms with E-state index in [1.807, 2.05) is 30.3 Å². The first-order valence-corrected chi connectivity index (χ1v) is 8.89. The molecule has 0 unspecified atom stereocenters. The minimum absolute atomic E-state index is 0.0155. The molecule has 30 heavy (non-hydrogen) atoms. The van der Waals surface area contributed by atoms with Gasteiger partial charge in [-0.2, -0.15) is 5.10 Å². The summed E-state index contributed by atoms with van der Waals surface area (Å²) in [7, 11) is 1.42. The van der Waals surface area contributed by atoms with Crippen molar-refractivity contribution >= 4 is 23.7 Å². The van der Waals surface area contributed by atoms with Crippen molar-refractivity contribution in [2.24, 2.45) is 5.10 Å². The number of carbonyl (C=O) groups is 2. The van der Waals surface area contributed by atoms with Gasteiger partial charge in [0, 0.05) is 5.69 Å². The molecular formula is C22H19N3O5. The fourth-order valence-corrected chi connectivity index (χ4v) is 2.41. The number of amides is 2. The van der Waals surface area contributed by atoms with Gasteiger partial charge in [0.15, 0.2) is 11.5 Å². The number of benzene rings is 3. The predicted octanol–water partition coefficient (Wildman–Crippen LogP) is 3.28. The smallest absolute Gasteiger partial charge is 0.329 e. The zero-order valence-corrected chi connectivity index (χ0v) is 16.0. The summed E-state index contributed by atoms with van der Waals surface area (Å²) in [6.07, 6.45) is 1.32. The molecule has 152 valence electrons. The van der Waals surface area contributed by atoms with Crippen LogP contribution >= 0.6 is 0 Å². The van der Waals surface area contributed by atoms with E-state index in [0.717, 1.165) is 0 Å². The third-order valence-corrected chi connectivity index (χ3v) is 3.88. The molecule has 3 aromatic carbocycles. The van der Waals surface area contributed by atoms with Crippen molar-refractivity contribution in [3.8, 4) is 23.0 Å². The summed E-state index contributed by atoms with van der Waals surface area (Å²) in [5, 5.41) is 15.8. The molecule has 0 saturated carbocycles. The van der Waals surface area contributed by atoms with Crippen LogP contribution in [0.3, 0.4) is 0 Å². The van der Waals surface area contributed by atoms with Crippen molar-refractivity contribution in [2.75, 3.05) is 12.4 Å². The van der Waals surface area contributed by atoms with Crippen LogP contribution in [0.2, 0.25) is 0 Å². The summed E-state index contributed by atoms with van der Waals surface area (Å²) in [4.78, 5) is 23.9. The van der Waals surface area contributed by atoms with Crippen molar-refractivity contribution in [1.29, 1.82) is 0 Å². The van der Waals surface area contributed by atoms with Gasteiger partial charge in [-0.3, -0.25) is 9.59 Å². The summed E-state index contributed by atoms with van der Waals surface area (Å²) in [6, 6.07) is 20.4. The van der Waals surface area contributed by atoms with E-state index in [1.54, 1.807) is 30.3 Å². The summed E-state index contributed by atoms with van der Waals surface area (Å²) >= 11 is 0. The van der Waals surface area contributed by atoms with Crippen LogP contribution in [0.5, 0.6) is 23.0 Å². The van der Waals surface area contributed by atoms with Gasteiger partial charge in [0.2, 0.25) is 0 Å². The quantitative estimate of drug-likeness (QED) is 0.331. The first-order valence-electron chi connectivity index (χ1n) is 8.89. The van der Waals surface area contributed by atoms with Gasteiger partial charge in [0.05, 0.1) is 13.3 Å². The van der Waals surface area contributed by atoms with Crippen LogP contribution in [0.4, 0.5) is 5.69 Å². The topological polar surface area (TPSA) is 109 Å². The summed E-state index contributed by atoms with van der Waals surface area (Å²) in [5.41, 5.74) is 3.14. The van der Waals surface area contributed by atoms with Crippen LogP contribution in [0.1, 0.15) is 5.56 Å². The van der Waals surface area contributed by atoms with Gasteiger partial charge in [-0.1, -0.05) is 18.2 Å². The molecule has 3 N–H and O–H groups in total. The zero-order valence-electron chi connectivity index (χ0n) is 16.0. The third kappa shape index (κ3) is 5.59. The molecule has 3 rings (SSSR count). The lowest BCUT2D eigenvalue weighted by atomic mass is 10.2. The maximum atomic E-state index is 12.0. The molecule has 0 aliphatic heterocycles. The Labute approximate surface area is 172 Å². The standard InChI is InChI=1S/C22H19N3O5/c1-29-20-13-15(7-12-19(20)26)14-23-25-22(28)21(27)24-16-8-10-18(11-9-16)30-17-5-3-2-4-6-17/h2-14,26H,1H3,(H,24,27)(H,25,28)/b23-14-. The second-order valence-corrected chi connectivity index (χ2v) is 6.02. The molecule has 0 saturated heterocycles. The molecule has 0 bridgehead atoms. The lowest BCUT2D eigenvalue weighted by Gasteiger charge is -2.07. The first-order chi connectivity index (χ1) is 14.5. The summed E-state index contributed by atoms with van der Waals surface area (Å²) in [5.74, 6) is -0.259. The minimum atomic E-state index is -0.929. The van der Waals surface area contributed by atoms with Gasteiger partial charge in [-0.05, 0) is 60.2 Å². The number of hydrazone groups is 1. The number of phenols is 1. The first kappa shape index (κ1) is 20.4. The SMILES string of the molecule is COc1cc(/C=N\NC(=O)C(=O)Nc2ccc(Oc3ccccc3)cc2)ccc1O. The Bertz CT molecular complexity index is 1050. The number of aromatic hydroxyl groups is 1. The molecule has 0 atom stereocenters. The Hall–Kier alpha value is -4.33. The third-order valence-electron chi connectivity index (χ3n) is 3.88. The van der Waals surface area contributed by atoms with Crippen molar-refractivity contribution < 1.29 is 24.2 Å². The van der Waals surface area contributed by atoms with Gasteiger partial charge >= 0.3 is 11.8 Å². The van der Waals surface area contributed by atoms with Gasteiger partial charge in [-0.15, -0.1) is 0 Å². The van der Waals surface area contributed by atoms with E-state index in [1.165, 1.54) is 25.5 Å². The molecule has 0 aromatic heterocycles. The molecule has 0 aliphatic rings. The molecule has 0 fully saturated rings. The van der Waals surface area contributed by atoms with E-state index in [2.05, 4.69) is 15.8 Å². The Kier molecular flexibility index (Phi) is 6.63. The Balaban J connectivity index is 1.52. The molecule has 3 aromatic rings. The maximum absolute atomic E-state index is 12.0. The fourth-order valence-electron chi connectivity index (χ4n) is 2.41. The highest BCUT2D eigenvalue weighted by Crippen LogP contribution is 2.25.